The van der Waals surface area contributed by atoms with E-state index < -0.39 is 0 Å². The second-order valence-corrected chi connectivity index (χ2v) is 6.43. The van der Waals surface area contributed by atoms with Gasteiger partial charge in [-0.05, 0) is 12.1 Å². The first-order valence-electron chi connectivity index (χ1n) is 9.56. The molecule has 0 atom stereocenters. The van der Waals surface area contributed by atoms with Gasteiger partial charge in [-0.2, -0.15) is 0 Å². The van der Waals surface area contributed by atoms with Crippen molar-refractivity contribution in [2.24, 2.45) is 4.99 Å². The number of amides is 1. The molecule has 0 aliphatic carbocycles. The number of hydrogen-bond acceptors (Lipinski definition) is 5. The second-order valence-electron chi connectivity index (χ2n) is 6.43. The van der Waals surface area contributed by atoms with Crippen LogP contribution in [0.3, 0.4) is 0 Å². The first kappa shape index (κ1) is 19.7. The van der Waals surface area contributed by atoms with Crippen molar-refractivity contribution in [3.63, 3.8) is 0 Å². The number of furan rings is 1. The number of carbonyl (C=O) groups is 1. The van der Waals surface area contributed by atoms with Crippen LogP contribution in [0.2, 0.25) is 0 Å². The highest BCUT2D eigenvalue weighted by molar-refractivity contribution is 5.91. The standard InChI is InChI=1S/C19H27N7O2/c1-3-7-20-19(21-8-9-26-15-22-23-17(26)4-2)25-12-10-24(11-13-25)18(27)16-6-5-14-28-16/h3,5-6,14-15H,1,4,7-13H2,2H3,(H,20,21). The summed E-state index contributed by atoms with van der Waals surface area (Å²) < 4.78 is 7.24. The number of rotatable bonds is 7. The van der Waals surface area contributed by atoms with Gasteiger partial charge in [-0.3, -0.25) is 9.79 Å². The van der Waals surface area contributed by atoms with E-state index >= 15 is 0 Å². The van der Waals surface area contributed by atoms with Gasteiger partial charge in [0.2, 0.25) is 0 Å². The van der Waals surface area contributed by atoms with E-state index in [0.29, 0.717) is 45.0 Å². The van der Waals surface area contributed by atoms with Crippen molar-refractivity contribution in [1.29, 1.82) is 0 Å². The predicted octanol–water partition coefficient (Wildman–Crippen LogP) is 1.02. The molecular formula is C19H27N7O2. The number of aliphatic imine (C=N–C) groups is 1. The number of nitrogens with zero attached hydrogens (tertiary/aromatic N) is 6. The highest BCUT2D eigenvalue weighted by Gasteiger charge is 2.25. The normalized spacial score (nSPS) is 15.0. The second kappa shape index (κ2) is 9.72. The highest BCUT2D eigenvalue weighted by Crippen LogP contribution is 2.09. The molecular weight excluding hydrogens is 358 g/mol. The maximum atomic E-state index is 12.4. The SMILES string of the molecule is C=CCNC(=NCCn1cnnc1CC)N1CCN(C(=O)c2ccco2)CC1. The molecule has 9 nitrogen and oxygen atoms in total. The number of carbonyl (C=O) groups excluding carboxylic acids is 1. The molecule has 0 unspecified atom stereocenters. The zero-order valence-electron chi connectivity index (χ0n) is 16.3. The molecule has 1 saturated heterocycles. The Labute approximate surface area is 164 Å². The van der Waals surface area contributed by atoms with Crippen LogP contribution in [-0.2, 0) is 13.0 Å². The zero-order chi connectivity index (χ0) is 19.8. The topological polar surface area (TPSA) is 91.8 Å². The van der Waals surface area contributed by atoms with Crippen LogP contribution in [0.1, 0.15) is 23.3 Å². The quantitative estimate of drug-likeness (QED) is 0.435. The van der Waals surface area contributed by atoms with Crippen LogP contribution in [0.15, 0.2) is 46.8 Å². The van der Waals surface area contributed by atoms with Gasteiger partial charge in [0.05, 0.1) is 12.8 Å². The Hall–Kier alpha value is -3.10. The lowest BCUT2D eigenvalue weighted by Gasteiger charge is -2.36. The Bertz CT molecular complexity index is 789. The summed E-state index contributed by atoms with van der Waals surface area (Å²) in [5.74, 6) is 2.10. The molecule has 3 heterocycles. The third-order valence-electron chi connectivity index (χ3n) is 4.62. The smallest absolute Gasteiger partial charge is 0.289 e. The largest absolute Gasteiger partial charge is 0.459 e. The molecule has 1 fully saturated rings. The van der Waals surface area contributed by atoms with E-state index in [2.05, 4.69) is 33.9 Å². The van der Waals surface area contributed by atoms with Crippen molar-refractivity contribution in [2.45, 2.75) is 19.9 Å². The van der Waals surface area contributed by atoms with Crippen LogP contribution < -0.4 is 5.32 Å². The first-order valence-corrected chi connectivity index (χ1v) is 9.56. The van der Waals surface area contributed by atoms with E-state index in [1.165, 1.54) is 6.26 Å². The monoisotopic (exact) mass is 385 g/mol. The van der Waals surface area contributed by atoms with Gasteiger partial charge in [0.1, 0.15) is 12.2 Å². The van der Waals surface area contributed by atoms with Gasteiger partial charge in [0.25, 0.3) is 5.91 Å². The maximum Gasteiger partial charge on any atom is 0.289 e. The molecule has 28 heavy (non-hydrogen) atoms. The molecule has 2 aromatic heterocycles. The van der Waals surface area contributed by atoms with Gasteiger partial charge >= 0.3 is 0 Å². The van der Waals surface area contributed by atoms with Gasteiger partial charge in [0, 0.05) is 45.7 Å². The van der Waals surface area contributed by atoms with Gasteiger partial charge < -0.3 is 24.1 Å². The van der Waals surface area contributed by atoms with E-state index in [1.807, 2.05) is 9.47 Å². The lowest BCUT2D eigenvalue weighted by Crippen LogP contribution is -2.53. The van der Waals surface area contributed by atoms with Gasteiger partial charge in [-0.25, -0.2) is 0 Å². The molecule has 2 aromatic rings. The summed E-state index contributed by atoms with van der Waals surface area (Å²) >= 11 is 0. The first-order chi connectivity index (χ1) is 13.7. The minimum atomic E-state index is -0.0677. The summed E-state index contributed by atoms with van der Waals surface area (Å²) in [5.41, 5.74) is 0. The Kier molecular flexibility index (Phi) is 6.83. The molecule has 3 rings (SSSR count). The Morgan fingerprint density at radius 1 is 1.36 bits per heavy atom. The average Bonchev–Trinajstić information content (AvgIpc) is 3.42. The lowest BCUT2D eigenvalue weighted by molar-refractivity contribution is 0.0658. The minimum Gasteiger partial charge on any atom is -0.459 e. The summed E-state index contributed by atoms with van der Waals surface area (Å²) in [6.45, 7) is 10.5. The van der Waals surface area contributed by atoms with Gasteiger partial charge in [-0.1, -0.05) is 13.0 Å². The van der Waals surface area contributed by atoms with Crippen LogP contribution in [0.4, 0.5) is 0 Å². The van der Waals surface area contributed by atoms with E-state index in [9.17, 15) is 4.79 Å². The molecule has 9 heteroatoms. The van der Waals surface area contributed by atoms with E-state index in [1.54, 1.807) is 24.5 Å². The minimum absolute atomic E-state index is 0.0677. The van der Waals surface area contributed by atoms with Crippen LogP contribution >= 0.6 is 0 Å². The van der Waals surface area contributed by atoms with E-state index in [-0.39, 0.29) is 5.91 Å². The third kappa shape index (κ3) is 4.79. The van der Waals surface area contributed by atoms with Crippen LogP contribution in [-0.4, -0.2) is 75.7 Å². The summed E-state index contributed by atoms with van der Waals surface area (Å²) in [5, 5.41) is 11.4. The molecule has 0 saturated carbocycles. The molecule has 1 amide bonds. The maximum absolute atomic E-state index is 12.4. The molecule has 1 aliphatic rings. The number of nitrogens with one attached hydrogen (secondary N) is 1. The van der Waals surface area contributed by atoms with Crippen LogP contribution in [0, 0.1) is 0 Å². The number of hydrogen-bond donors (Lipinski definition) is 1. The fourth-order valence-corrected chi connectivity index (χ4v) is 3.11. The van der Waals surface area contributed by atoms with E-state index in [4.69, 9.17) is 9.41 Å². The highest BCUT2D eigenvalue weighted by atomic mass is 16.3. The molecule has 1 N–H and O–H groups in total. The molecule has 0 radical (unpaired) electrons. The zero-order valence-corrected chi connectivity index (χ0v) is 16.3. The third-order valence-corrected chi connectivity index (χ3v) is 4.62. The molecule has 1 aliphatic heterocycles. The number of piperazine rings is 1. The Morgan fingerprint density at radius 3 is 2.82 bits per heavy atom. The van der Waals surface area contributed by atoms with Gasteiger partial charge in [-0.15, -0.1) is 16.8 Å². The molecule has 0 spiro atoms. The predicted molar refractivity (Wildman–Crippen MR) is 106 cm³/mol. The molecule has 0 bridgehead atoms. The number of aryl methyl sites for hydroxylation is 1. The number of guanidine groups is 1. The van der Waals surface area contributed by atoms with E-state index in [0.717, 1.165) is 24.7 Å². The fraction of sp³-hybridized carbons (Fsp3) is 0.474. The Balaban J connectivity index is 1.57. The summed E-state index contributed by atoms with van der Waals surface area (Å²) in [4.78, 5) is 21.1. The summed E-state index contributed by atoms with van der Waals surface area (Å²) in [6, 6.07) is 3.43. The summed E-state index contributed by atoms with van der Waals surface area (Å²) in [7, 11) is 0. The van der Waals surface area contributed by atoms with Crippen molar-refractivity contribution in [3.8, 4) is 0 Å². The number of aromatic nitrogens is 3. The summed E-state index contributed by atoms with van der Waals surface area (Å²) in [6.07, 6.45) is 5.91. The van der Waals surface area contributed by atoms with Crippen LogP contribution in [0.5, 0.6) is 0 Å². The van der Waals surface area contributed by atoms with Crippen molar-refractivity contribution < 1.29 is 9.21 Å². The lowest BCUT2D eigenvalue weighted by atomic mass is 10.3. The molecule has 0 aromatic carbocycles. The molecule has 150 valence electrons. The Morgan fingerprint density at radius 2 is 2.14 bits per heavy atom. The van der Waals surface area contributed by atoms with Crippen molar-refractivity contribution in [1.82, 2.24) is 29.9 Å². The van der Waals surface area contributed by atoms with Crippen molar-refractivity contribution in [3.05, 3.63) is 49.0 Å². The fourth-order valence-electron chi connectivity index (χ4n) is 3.11. The van der Waals surface area contributed by atoms with Crippen LogP contribution in [0.25, 0.3) is 0 Å². The van der Waals surface area contributed by atoms with Crippen molar-refractivity contribution >= 4 is 11.9 Å². The van der Waals surface area contributed by atoms with Gasteiger partial charge in [0.15, 0.2) is 11.7 Å². The average molecular weight is 385 g/mol. The van der Waals surface area contributed by atoms with Crippen molar-refractivity contribution in [2.75, 3.05) is 39.3 Å².